The summed E-state index contributed by atoms with van der Waals surface area (Å²) in [5, 5.41) is 12.3. The van der Waals surface area contributed by atoms with Crippen LogP contribution in [0.4, 0.5) is 17.6 Å². The molecule has 3 heterocycles. The number of aryl methyl sites for hydroxylation is 1. The number of halogens is 4. The molecule has 3 rings (SSSR count). The first-order chi connectivity index (χ1) is 12.7. The molecule has 1 atom stereocenters. The fraction of sp³-hybridized carbons (Fsp3) is 0.375. The lowest BCUT2D eigenvalue weighted by Gasteiger charge is -2.17. The topological polar surface area (TPSA) is 74.4 Å². The standard InChI is InChI=1S/C16H15F4N5O2/c1-8-4-12-22-23-13(7-26-3)25(12)24-14(8)10-5-11(17)15(21-6-10)27-9(2)16(18,19)20/h4-6,9H,7H2,1-3H3/t9-/m1/s1. The Balaban J connectivity index is 1.98. The Hall–Kier alpha value is -2.82. The van der Waals surface area contributed by atoms with Gasteiger partial charge in [0.05, 0.1) is 5.69 Å². The zero-order valence-corrected chi connectivity index (χ0v) is 14.6. The highest BCUT2D eigenvalue weighted by atomic mass is 19.4. The number of methoxy groups -OCH3 is 1. The summed E-state index contributed by atoms with van der Waals surface area (Å²) in [4.78, 5) is 3.67. The molecule has 0 N–H and O–H groups in total. The van der Waals surface area contributed by atoms with Crippen molar-refractivity contribution in [2.75, 3.05) is 7.11 Å². The Kier molecular flexibility index (Phi) is 4.96. The van der Waals surface area contributed by atoms with E-state index in [4.69, 9.17) is 4.74 Å². The average molecular weight is 385 g/mol. The van der Waals surface area contributed by atoms with E-state index >= 15 is 0 Å². The van der Waals surface area contributed by atoms with Crippen molar-refractivity contribution in [3.05, 3.63) is 35.5 Å². The molecule has 27 heavy (non-hydrogen) atoms. The van der Waals surface area contributed by atoms with Gasteiger partial charge in [0.15, 0.2) is 23.4 Å². The van der Waals surface area contributed by atoms with Crippen molar-refractivity contribution in [3.63, 3.8) is 0 Å². The smallest absolute Gasteiger partial charge is 0.425 e. The fourth-order valence-corrected chi connectivity index (χ4v) is 2.35. The summed E-state index contributed by atoms with van der Waals surface area (Å²) in [5.74, 6) is -1.31. The maximum atomic E-state index is 14.2. The number of hydrogen-bond acceptors (Lipinski definition) is 6. The van der Waals surface area contributed by atoms with Crippen molar-refractivity contribution < 1.29 is 27.0 Å². The SMILES string of the molecule is COCc1nnc2cc(C)c(-c3cnc(O[C@H](C)C(F)(F)F)c(F)c3)nn12. The van der Waals surface area contributed by atoms with Crippen molar-refractivity contribution in [2.24, 2.45) is 0 Å². The highest BCUT2D eigenvalue weighted by molar-refractivity contribution is 5.64. The van der Waals surface area contributed by atoms with Gasteiger partial charge >= 0.3 is 6.18 Å². The molecule has 0 aromatic carbocycles. The molecule has 144 valence electrons. The summed E-state index contributed by atoms with van der Waals surface area (Å²) in [6.45, 7) is 2.68. The number of fused-ring (bicyclic) bond motifs is 1. The maximum Gasteiger partial charge on any atom is 0.425 e. The van der Waals surface area contributed by atoms with Crippen molar-refractivity contribution in [1.29, 1.82) is 0 Å². The molecule has 11 heteroatoms. The molecule has 0 aliphatic heterocycles. The third-order valence-corrected chi connectivity index (χ3v) is 3.75. The number of nitrogens with zero attached hydrogens (tertiary/aromatic N) is 5. The molecule has 0 unspecified atom stereocenters. The number of aromatic nitrogens is 5. The molecule has 0 saturated heterocycles. The predicted octanol–water partition coefficient (Wildman–Crippen LogP) is 3.11. The van der Waals surface area contributed by atoms with Gasteiger partial charge in [-0.15, -0.1) is 10.2 Å². The van der Waals surface area contributed by atoms with E-state index in [1.165, 1.54) is 17.8 Å². The molecule has 0 bridgehead atoms. The van der Waals surface area contributed by atoms with Crippen LogP contribution in [0.15, 0.2) is 18.3 Å². The Morgan fingerprint density at radius 3 is 2.59 bits per heavy atom. The third kappa shape index (κ3) is 3.82. The first-order valence-corrected chi connectivity index (χ1v) is 7.81. The molecule has 0 aliphatic rings. The summed E-state index contributed by atoms with van der Waals surface area (Å²) in [6, 6.07) is 2.72. The van der Waals surface area contributed by atoms with Crippen LogP contribution in [0.25, 0.3) is 16.9 Å². The van der Waals surface area contributed by atoms with Crippen LogP contribution < -0.4 is 4.74 Å². The third-order valence-electron chi connectivity index (χ3n) is 3.75. The van der Waals surface area contributed by atoms with E-state index in [1.807, 2.05) is 0 Å². The van der Waals surface area contributed by atoms with E-state index in [2.05, 4.69) is 25.0 Å². The molecule has 3 aromatic heterocycles. The summed E-state index contributed by atoms with van der Waals surface area (Å²) in [5.41, 5.74) is 1.80. The van der Waals surface area contributed by atoms with Crippen molar-refractivity contribution in [1.82, 2.24) is 24.8 Å². The molecular formula is C16H15F4N5O2. The van der Waals surface area contributed by atoms with Gasteiger partial charge in [0.25, 0.3) is 5.88 Å². The van der Waals surface area contributed by atoms with Crippen molar-refractivity contribution >= 4 is 5.65 Å². The predicted molar refractivity (Wildman–Crippen MR) is 85.6 cm³/mol. The van der Waals surface area contributed by atoms with E-state index in [1.54, 1.807) is 13.0 Å². The first-order valence-electron chi connectivity index (χ1n) is 7.81. The minimum atomic E-state index is -4.62. The molecule has 0 spiro atoms. The van der Waals surface area contributed by atoms with Crippen LogP contribution in [-0.2, 0) is 11.3 Å². The lowest BCUT2D eigenvalue weighted by Crippen LogP contribution is -2.31. The maximum absolute atomic E-state index is 14.2. The van der Waals surface area contributed by atoms with Gasteiger partial charge in [0.1, 0.15) is 6.61 Å². The molecular weight excluding hydrogens is 370 g/mol. The quantitative estimate of drug-likeness (QED) is 0.629. The summed E-state index contributed by atoms with van der Waals surface area (Å²) >= 11 is 0. The second kappa shape index (κ2) is 7.06. The number of ether oxygens (including phenoxy) is 2. The number of rotatable bonds is 5. The van der Waals surface area contributed by atoms with Crippen LogP contribution >= 0.6 is 0 Å². The van der Waals surface area contributed by atoms with Gasteiger partial charge in [-0.3, -0.25) is 0 Å². The number of pyridine rings is 1. The van der Waals surface area contributed by atoms with Gasteiger partial charge in [0.2, 0.25) is 0 Å². The first kappa shape index (κ1) is 19.0. The van der Waals surface area contributed by atoms with Crippen molar-refractivity contribution in [2.45, 2.75) is 32.7 Å². The largest absolute Gasteiger partial charge is 0.463 e. The van der Waals surface area contributed by atoms with Crippen LogP contribution in [-0.4, -0.2) is 44.2 Å². The second-order valence-corrected chi connectivity index (χ2v) is 5.81. The summed E-state index contributed by atoms with van der Waals surface area (Å²) < 4.78 is 63.0. The molecule has 0 saturated carbocycles. The Morgan fingerprint density at radius 2 is 1.96 bits per heavy atom. The number of hydrogen-bond donors (Lipinski definition) is 0. The van der Waals surface area contributed by atoms with E-state index in [0.29, 0.717) is 22.7 Å². The molecule has 7 nitrogen and oxygen atoms in total. The lowest BCUT2D eigenvalue weighted by molar-refractivity contribution is -0.190. The Bertz CT molecular complexity index is 973. The highest BCUT2D eigenvalue weighted by Crippen LogP contribution is 2.28. The highest BCUT2D eigenvalue weighted by Gasteiger charge is 2.38. The van der Waals surface area contributed by atoms with E-state index in [-0.39, 0.29) is 12.2 Å². The zero-order chi connectivity index (χ0) is 19.8. The molecule has 0 amide bonds. The number of alkyl halides is 3. The van der Waals surface area contributed by atoms with Crippen LogP contribution in [0.1, 0.15) is 18.3 Å². The van der Waals surface area contributed by atoms with Crippen LogP contribution in [0.3, 0.4) is 0 Å². The molecule has 3 aromatic rings. The Morgan fingerprint density at radius 1 is 1.22 bits per heavy atom. The Labute approximate surface area is 151 Å². The van der Waals surface area contributed by atoms with Crippen LogP contribution in [0.2, 0.25) is 0 Å². The average Bonchev–Trinajstić information content (AvgIpc) is 2.97. The minimum Gasteiger partial charge on any atom is -0.463 e. The van der Waals surface area contributed by atoms with Crippen molar-refractivity contribution in [3.8, 4) is 17.1 Å². The fourth-order valence-electron chi connectivity index (χ4n) is 2.35. The van der Waals surface area contributed by atoms with E-state index < -0.39 is 24.0 Å². The van der Waals surface area contributed by atoms with Gasteiger partial charge in [0, 0.05) is 18.9 Å². The monoisotopic (exact) mass is 385 g/mol. The summed E-state index contributed by atoms with van der Waals surface area (Å²) in [6.07, 6.45) is -5.61. The van der Waals surface area contributed by atoms with Gasteiger partial charge in [-0.2, -0.15) is 22.8 Å². The minimum absolute atomic E-state index is 0.172. The zero-order valence-electron chi connectivity index (χ0n) is 14.6. The molecule has 0 radical (unpaired) electrons. The molecule has 0 aliphatic carbocycles. The van der Waals surface area contributed by atoms with E-state index in [9.17, 15) is 17.6 Å². The molecule has 0 fully saturated rings. The van der Waals surface area contributed by atoms with E-state index in [0.717, 1.165) is 13.0 Å². The van der Waals surface area contributed by atoms with Gasteiger partial charge in [-0.1, -0.05) is 0 Å². The van der Waals surface area contributed by atoms with Gasteiger partial charge in [-0.05, 0) is 31.5 Å². The second-order valence-electron chi connectivity index (χ2n) is 5.81. The van der Waals surface area contributed by atoms with Crippen LogP contribution in [0.5, 0.6) is 5.88 Å². The van der Waals surface area contributed by atoms with Gasteiger partial charge < -0.3 is 9.47 Å². The normalized spacial score (nSPS) is 13.1. The lowest BCUT2D eigenvalue weighted by atomic mass is 10.1. The summed E-state index contributed by atoms with van der Waals surface area (Å²) in [7, 11) is 1.50. The van der Waals surface area contributed by atoms with Crippen LogP contribution in [0, 0.1) is 12.7 Å². The van der Waals surface area contributed by atoms with Gasteiger partial charge in [-0.25, -0.2) is 9.37 Å².